The molecule has 0 saturated heterocycles. The van der Waals surface area contributed by atoms with Crippen molar-refractivity contribution in [3.8, 4) is 5.69 Å². The molecule has 0 spiro atoms. The normalized spacial score (nSPS) is 10.7. The summed E-state index contributed by atoms with van der Waals surface area (Å²) in [6.07, 6.45) is 6.95. The average molecular weight is 359 g/mol. The summed E-state index contributed by atoms with van der Waals surface area (Å²) in [5, 5.41) is 14.0. The van der Waals surface area contributed by atoms with Crippen LogP contribution in [0.1, 0.15) is 21.5 Å². The van der Waals surface area contributed by atoms with Gasteiger partial charge in [0.2, 0.25) is 0 Å². The zero-order chi connectivity index (χ0) is 18.5. The van der Waals surface area contributed by atoms with Crippen LogP contribution in [-0.4, -0.2) is 35.7 Å². The zero-order valence-electron chi connectivity index (χ0n) is 14.4. The molecule has 134 valence electrons. The number of nitrogens with one attached hydrogen (secondary N) is 1. The summed E-state index contributed by atoms with van der Waals surface area (Å²) in [6.45, 7) is 1.20. The van der Waals surface area contributed by atoms with E-state index in [-0.39, 0.29) is 5.91 Å². The van der Waals surface area contributed by atoms with E-state index in [2.05, 4.69) is 38.0 Å². The summed E-state index contributed by atoms with van der Waals surface area (Å²) in [4.78, 5) is 16.5. The molecule has 0 fully saturated rings. The molecule has 2 aromatic heterocycles. The van der Waals surface area contributed by atoms with Gasteiger partial charge >= 0.3 is 0 Å². The second kappa shape index (κ2) is 7.61. The molecule has 0 aliphatic rings. The van der Waals surface area contributed by atoms with Crippen LogP contribution in [0, 0.1) is 0 Å². The molecule has 4 aromatic rings. The maximum Gasteiger partial charge on any atom is 0.251 e. The van der Waals surface area contributed by atoms with Crippen LogP contribution in [0.25, 0.3) is 5.69 Å². The minimum Gasteiger partial charge on any atom is -0.348 e. The summed E-state index contributed by atoms with van der Waals surface area (Å²) < 4.78 is 3.51. The third kappa shape index (κ3) is 4.06. The number of amides is 1. The molecule has 0 atom stereocenters. The number of rotatable bonds is 6. The topological polar surface area (TPSA) is 90.5 Å². The molecule has 8 heteroatoms. The summed E-state index contributed by atoms with van der Waals surface area (Å²) in [5.41, 5.74) is 3.48. The van der Waals surface area contributed by atoms with Gasteiger partial charge in [0, 0.05) is 31.0 Å². The Morgan fingerprint density at radius 2 is 1.93 bits per heavy atom. The van der Waals surface area contributed by atoms with Crippen molar-refractivity contribution < 1.29 is 4.79 Å². The van der Waals surface area contributed by atoms with E-state index in [4.69, 9.17) is 0 Å². The molecule has 0 unspecified atom stereocenters. The van der Waals surface area contributed by atoms with Crippen LogP contribution >= 0.6 is 0 Å². The van der Waals surface area contributed by atoms with Crippen molar-refractivity contribution in [3.05, 3.63) is 90.3 Å². The van der Waals surface area contributed by atoms with Crippen molar-refractivity contribution in [1.82, 2.24) is 35.1 Å². The van der Waals surface area contributed by atoms with Crippen LogP contribution in [0.5, 0.6) is 0 Å². The quantitative estimate of drug-likeness (QED) is 0.567. The lowest BCUT2D eigenvalue weighted by atomic mass is 10.1. The van der Waals surface area contributed by atoms with Crippen LogP contribution in [0.2, 0.25) is 0 Å². The van der Waals surface area contributed by atoms with Gasteiger partial charge in [-0.05, 0) is 39.8 Å². The van der Waals surface area contributed by atoms with Crippen molar-refractivity contribution in [2.75, 3.05) is 0 Å². The first-order valence-electron chi connectivity index (χ1n) is 8.43. The molecule has 0 bridgehead atoms. The number of hydrogen-bond donors (Lipinski definition) is 1. The average Bonchev–Trinajstić information content (AvgIpc) is 3.41. The Labute approximate surface area is 155 Å². The van der Waals surface area contributed by atoms with Crippen molar-refractivity contribution in [3.63, 3.8) is 0 Å². The minimum absolute atomic E-state index is 0.148. The number of nitrogens with zero attached hydrogens (tertiary/aromatic N) is 6. The molecule has 2 heterocycles. The van der Waals surface area contributed by atoms with Crippen molar-refractivity contribution >= 4 is 5.91 Å². The maximum atomic E-state index is 12.5. The lowest BCUT2D eigenvalue weighted by molar-refractivity contribution is 0.0951. The van der Waals surface area contributed by atoms with E-state index < -0.39 is 0 Å². The monoisotopic (exact) mass is 359 g/mol. The van der Waals surface area contributed by atoms with E-state index in [0.717, 1.165) is 23.4 Å². The van der Waals surface area contributed by atoms with Gasteiger partial charge in [0.15, 0.2) is 0 Å². The van der Waals surface area contributed by atoms with E-state index in [9.17, 15) is 4.79 Å². The van der Waals surface area contributed by atoms with Gasteiger partial charge in [-0.25, -0.2) is 9.67 Å². The molecule has 4 rings (SSSR count). The first-order chi connectivity index (χ1) is 13.3. The SMILES string of the molecule is O=C(NCc1cccc(Cn2ccnc2)c1)c1cccc(-n2cnnn2)c1. The molecular formula is C19H17N7O. The Balaban J connectivity index is 1.41. The highest BCUT2D eigenvalue weighted by molar-refractivity contribution is 5.94. The second-order valence-corrected chi connectivity index (χ2v) is 6.04. The van der Waals surface area contributed by atoms with E-state index in [1.807, 2.05) is 29.0 Å². The van der Waals surface area contributed by atoms with Crippen LogP contribution < -0.4 is 5.32 Å². The minimum atomic E-state index is -0.148. The summed E-state index contributed by atoms with van der Waals surface area (Å²) >= 11 is 0. The van der Waals surface area contributed by atoms with Crippen LogP contribution in [0.3, 0.4) is 0 Å². The fourth-order valence-electron chi connectivity index (χ4n) is 2.78. The van der Waals surface area contributed by atoms with Crippen LogP contribution in [0.15, 0.2) is 73.6 Å². The number of imidazole rings is 1. The highest BCUT2D eigenvalue weighted by Crippen LogP contribution is 2.10. The lowest BCUT2D eigenvalue weighted by Gasteiger charge is -2.09. The lowest BCUT2D eigenvalue weighted by Crippen LogP contribution is -2.23. The molecular weight excluding hydrogens is 342 g/mol. The fraction of sp³-hybridized carbons (Fsp3) is 0.105. The Morgan fingerprint density at radius 3 is 2.74 bits per heavy atom. The highest BCUT2D eigenvalue weighted by Gasteiger charge is 2.08. The maximum absolute atomic E-state index is 12.5. The molecule has 2 aromatic carbocycles. The largest absolute Gasteiger partial charge is 0.348 e. The van der Waals surface area contributed by atoms with Gasteiger partial charge in [0.05, 0.1) is 12.0 Å². The number of carbonyl (C=O) groups excluding carboxylic acids is 1. The molecule has 1 N–H and O–H groups in total. The molecule has 8 nitrogen and oxygen atoms in total. The highest BCUT2D eigenvalue weighted by atomic mass is 16.1. The first kappa shape index (κ1) is 16.6. The number of hydrogen-bond acceptors (Lipinski definition) is 5. The Kier molecular flexibility index (Phi) is 4.69. The van der Waals surface area contributed by atoms with Crippen molar-refractivity contribution in [1.29, 1.82) is 0 Å². The zero-order valence-corrected chi connectivity index (χ0v) is 14.4. The van der Waals surface area contributed by atoms with Gasteiger partial charge < -0.3 is 9.88 Å². The number of aromatic nitrogens is 6. The van der Waals surface area contributed by atoms with Gasteiger partial charge in [0.1, 0.15) is 6.33 Å². The third-order valence-electron chi connectivity index (χ3n) is 4.09. The van der Waals surface area contributed by atoms with Gasteiger partial charge in [-0.2, -0.15) is 0 Å². The van der Waals surface area contributed by atoms with Crippen molar-refractivity contribution in [2.24, 2.45) is 0 Å². The summed E-state index contributed by atoms with van der Waals surface area (Å²) in [7, 11) is 0. The van der Waals surface area contributed by atoms with E-state index >= 15 is 0 Å². The third-order valence-corrected chi connectivity index (χ3v) is 4.09. The predicted octanol–water partition coefficient (Wildman–Crippen LogP) is 1.84. The smallest absolute Gasteiger partial charge is 0.251 e. The van der Waals surface area contributed by atoms with Crippen LogP contribution in [-0.2, 0) is 13.1 Å². The Bertz CT molecular complexity index is 1030. The van der Waals surface area contributed by atoms with Crippen LogP contribution in [0.4, 0.5) is 0 Å². The molecule has 0 aliphatic carbocycles. The fourth-order valence-corrected chi connectivity index (χ4v) is 2.78. The second-order valence-electron chi connectivity index (χ2n) is 6.04. The van der Waals surface area contributed by atoms with Gasteiger partial charge in [-0.1, -0.05) is 30.3 Å². The molecule has 0 radical (unpaired) electrons. The van der Waals surface area contributed by atoms with E-state index in [1.165, 1.54) is 11.0 Å². The standard InChI is InChI=1S/C19H17N7O/c27-19(17-5-2-6-18(10-17)26-14-22-23-24-26)21-11-15-3-1-4-16(9-15)12-25-8-7-20-13-25/h1-10,13-14H,11-12H2,(H,21,27). The Hall–Kier alpha value is -3.81. The number of benzene rings is 2. The van der Waals surface area contributed by atoms with E-state index in [1.54, 1.807) is 30.7 Å². The molecule has 1 amide bonds. The number of carbonyl (C=O) groups is 1. The van der Waals surface area contributed by atoms with Crippen molar-refractivity contribution in [2.45, 2.75) is 13.1 Å². The molecule has 27 heavy (non-hydrogen) atoms. The predicted molar refractivity (Wildman–Crippen MR) is 98.1 cm³/mol. The summed E-state index contributed by atoms with van der Waals surface area (Å²) in [6, 6.07) is 15.3. The molecule has 0 saturated carbocycles. The Morgan fingerprint density at radius 1 is 1.04 bits per heavy atom. The number of tetrazole rings is 1. The molecule has 0 aliphatic heterocycles. The van der Waals surface area contributed by atoms with E-state index in [0.29, 0.717) is 12.1 Å². The summed E-state index contributed by atoms with van der Waals surface area (Å²) in [5.74, 6) is -0.148. The van der Waals surface area contributed by atoms with Gasteiger partial charge in [-0.15, -0.1) is 5.10 Å². The first-order valence-corrected chi connectivity index (χ1v) is 8.43. The van der Waals surface area contributed by atoms with Gasteiger partial charge in [-0.3, -0.25) is 4.79 Å². The van der Waals surface area contributed by atoms with Gasteiger partial charge in [0.25, 0.3) is 5.91 Å².